The highest BCUT2D eigenvalue weighted by atomic mass is 35.5. The number of hydrogen-bond donors (Lipinski definition) is 2. The van der Waals surface area contributed by atoms with E-state index in [1.165, 1.54) is 0 Å². The largest absolute Gasteiger partial charge is 0.328 e. The van der Waals surface area contributed by atoms with Crippen molar-refractivity contribution in [3.8, 4) is 0 Å². The van der Waals surface area contributed by atoms with Crippen molar-refractivity contribution in [2.75, 3.05) is 0 Å². The SMILES string of the molecule is Cc1cc(S(=O)(=O)NC2CCC(N)CC2)sc1Cl.Cl. The van der Waals surface area contributed by atoms with E-state index in [1.54, 1.807) is 13.0 Å². The third kappa shape index (κ3) is 4.31. The van der Waals surface area contributed by atoms with Gasteiger partial charge in [-0.15, -0.1) is 23.7 Å². The molecule has 4 nitrogen and oxygen atoms in total. The number of hydrogen-bond acceptors (Lipinski definition) is 4. The van der Waals surface area contributed by atoms with Crippen molar-refractivity contribution in [1.82, 2.24) is 4.72 Å². The molecule has 1 heterocycles. The third-order valence-corrected chi connectivity index (χ3v) is 6.74. The van der Waals surface area contributed by atoms with Crippen LogP contribution in [0.2, 0.25) is 4.34 Å². The molecule has 8 heteroatoms. The van der Waals surface area contributed by atoms with Gasteiger partial charge in [-0.2, -0.15) is 0 Å². The lowest BCUT2D eigenvalue weighted by atomic mass is 9.93. The summed E-state index contributed by atoms with van der Waals surface area (Å²) in [4.78, 5) is 0. The highest BCUT2D eigenvalue weighted by Crippen LogP contribution is 2.30. The zero-order valence-electron chi connectivity index (χ0n) is 10.6. The lowest BCUT2D eigenvalue weighted by Gasteiger charge is -2.26. The van der Waals surface area contributed by atoms with Crippen LogP contribution < -0.4 is 10.5 Å². The van der Waals surface area contributed by atoms with Crippen molar-refractivity contribution >= 4 is 45.4 Å². The molecule has 19 heavy (non-hydrogen) atoms. The summed E-state index contributed by atoms with van der Waals surface area (Å²) in [6, 6.07) is 1.82. The Morgan fingerprint density at radius 2 is 1.95 bits per heavy atom. The summed E-state index contributed by atoms with van der Waals surface area (Å²) in [6.07, 6.45) is 3.35. The predicted octanol–water partition coefficient (Wildman–Crippen LogP) is 2.68. The van der Waals surface area contributed by atoms with E-state index in [2.05, 4.69) is 4.72 Å². The molecule has 0 unspecified atom stereocenters. The van der Waals surface area contributed by atoms with E-state index in [4.69, 9.17) is 17.3 Å². The van der Waals surface area contributed by atoms with Gasteiger partial charge in [0.2, 0.25) is 10.0 Å². The molecule has 0 aromatic carbocycles. The van der Waals surface area contributed by atoms with Crippen LogP contribution in [0.1, 0.15) is 31.2 Å². The van der Waals surface area contributed by atoms with Gasteiger partial charge in [-0.1, -0.05) is 11.6 Å². The van der Waals surface area contributed by atoms with Crippen molar-refractivity contribution < 1.29 is 8.42 Å². The Bertz CT molecular complexity index is 503. The topological polar surface area (TPSA) is 72.2 Å². The maximum atomic E-state index is 12.2. The van der Waals surface area contributed by atoms with Gasteiger partial charge in [-0.3, -0.25) is 0 Å². The molecule has 0 aliphatic heterocycles. The van der Waals surface area contributed by atoms with Crippen LogP contribution in [-0.4, -0.2) is 20.5 Å². The Labute approximate surface area is 129 Å². The Balaban J connectivity index is 0.00000180. The summed E-state index contributed by atoms with van der Waals surface area (Å²) in [5.41, 5.74) is 6.60. The number of thiophene rings is 1. The molecule has 1 saturated carbocycles. The first-order valence-corrected chi connectivity index (χ1v) is 8.60. The number of sulfonamides is 1. The lowest BCUT2D eigenvalue weighted by Crippen LogP contribution is -2.40. The Kier molecular flexibility index (Phi) is 6.10. The molecule has 1 fully saturated rings. The molecule has 110 valence electrons. The number of aryl methyl sites for hydroxylation is 1. The van der Waals surface area contributed by atoms with Crippen molar-refractivity contribution in [3.63, 3.8) is 0 Å². The van der Waals surface area contributed by atoms with Crippen LogP contribution in [0, 0.1) is 6.92 Å². The third-order valence-electron chi connectivity index (χ3n) is 3.19. The van der Waals surface area contributed by atoms with E-state index in [9.17, 15) is 8.42 Å². The molecule has 1 aliphatic rings. The number of rotatable bonds is 3. The number of nitrogens with two attached hydrogens (primary N) is 1. The summed E-state index contributed by atoms with van der Waals surface area (Å²) < 4.78 is 27.9. The van der Waals surface area contributed by atoms with Crippen LogP contribution >= 0.6 is 35.3 Å². The van der Waals surface area contributed by atoms with Gasteiger partial charge >= 0.3 is 0 Å². The normalized spacial score (nSPS) is 23.9. The summed E-state index contributed by atoms with van der Waals surface area (Å²) in [5.74, 6) is 0. The minimum atomic E-state index is -3.44. The van der Waals surface area contributed by atoms with Crippen LogP contribution in [0.3, 0.4) is 0 Å². The molecule has 1 aromatic rings. The molecule has 0 amide bonds. The molecule has 0 atom stereocenters. The summed E-state index contributed by atoms with van der Waals surface area (Å²) in [6.45, 7) is 1.80. The average molecular weight is 345 g/mol. The molecule has 0 saturated heterocycles. The van der Waals surface area contributed by atoms with Gasteiger partial charge in [0, 0.05) is 12.1 Å². The van der Waals surface area contributed by atoms with Gasteiger partial charge in [-0.05, 0) is 44.2 Å². The molecular weight excluding hydrogens is 327 g/mol. The number of halogens is 2. The molecule has 0 radical (unpaired) electrons. The Morgan fingerprint density at radius 3 is 2.42 bits per heavy atom. The summed E-state index contributed by atoms with van der Waals surface area (Å²) in [7, 11) is -3.44. The first-order valence-electron chi connectivity index (χ1n) is 5.92. The van der Waals surface area contributed by atoms with Gasteiger partial charge in [0.25, 0.3) is 0 Å². The van der Waals surface area contributed by atoms with E-state index in [-0.39, 0.29) is 24.5 Å². The highest BCUT2D eigenvalue weighted by Gasteiger charge is 2.25. The second-order valence-electron chi connectivity index (χ2n) is 4.76. The van der Waals surface area contributed by atoms with Crippen molar-refractivity contribution in [2.24, 2.45) is 5.73 Å². The van der Waals surface area contributed by atoms with Gasteiger partial charge in [0.05, 0.1) is 4.34 Å². The van der Waals surface area contributed by atoms with Crippen molar-refractivity contribution in [2.45, 2.75) is 48.9 Å². The molecule has 3 N–H and O–H groups in total. The van der Waals surface area contributed by atoms with E-state index in [0.717, 1.165) is 42.6 Å². The average Bonchev–Trinajstić information content (AvgIpc) is 2.63. The first kappa shape index (κ1) is 17.2. The zero-order valence-corrected chi connectivity index (χ0v) is 13.8. The fourth-order valence-electron chi connectivity index (χ4n) is 2.08. The van der Waals surface area contributed by atoms with Crippen LogP contribution in [0.25, 0.3) is 0 Å². The highest BCUT2D eigenvalue weighted by molar-refractivity contribution is 7.91. The maximum Gasteiger partial charge on any atom is 0.250 e. The fourth-order valence-corrected chi connectivity index (χ4v) is 5.11. The quantitative estimate of drug-likeness (QED) is 0.885. The van der Waals surface area contributed by atoms with Crippen LogP contribution in [0.4, 0.5) is 0 Å². The van der Waals surface area contributed by atoms with E-state index in [1.807, 2.05) is 0 Å². The van der Waals surface area contributed by atoms with Crippen LogP contribution in [0.5, 0.6) is 0 Å². The number of nitrogens with one attached hydrogen (secondary N) is 1. The van der Waals surface area contributed by atoms with E-state index < -0.39 is 10.0 Å². The van der Waals surface area contributed by atoms with Crippen molar-refractivity contribution in [3.05, 3.63) is 16.0 Å². The van der Waals surface area contributed by atoms with Gasteiger partial charge < -0.3 is 5.73 Å². The standard InChI is InChI=1S/C11H17ClN2O2S2.ClH/c1-7-6-10(17-11(7)12)18(15,16)14-9-4-2-8(13)3-5-9;/h6,8-9,14H,2-5,13H2,1H3;1H. The maximum absolute atomic E-state index is 12.2. The minimum Gasteiger partial charge on any atom is -0.328 e. The molecule has 0 bridgehead atoms. The van der Waals surface area contributed by atoms with Gasteiger partial charge in [0.15, 0.2) is 0 Å². The second kappa shape index (κ2) is 6.74. The Hall–Kier alpha value is 0.150. The van der Waals surface area contributed by atoms with Crippen LogP contribution in [-0.2, 0) is 10.0 Å². The molecular formula is C11H18Cl2N2O2S2. The fraction of sp³-hybridized carbons (Fsp3) is 0.636. The smallest absolute Gasteiger partial charge is 0.250 e. The van der Waals surface area contributed by atoms with E-state index >= 15 is 0 Å². The Morgan fingerprint density at radius 1 is 1.37 bits per heavy atom. The van der Waals surface area contributed by atoms with Crippen LogP contribution in [0.15, 0.2) is 10.3 Å². The van der Waals surface area contributed by atoms with Gasteiger partial charge in [0.1, 0.15) is 4.21 Å². The molecule has 0 spiro atoms. The van der Waals surface area contributed by atoms with E-state index in [0.29, 0.717) is 8.55 Å². The molecule has 1 aromatic heterocycles. The molecule has 2 rings (SSSR count). The first-order chi connectivity index (χ1) is 8.38. The predicted molar refractivity (Wildman–Crippen MR) is 81.9 cm³/mol. The lowest BCUT2D eigenvalue weighted by molar-refractivity contribution is 0.374. The van der Waals surface area contributed by atoms with Gasteiger partial charge in [-0.25, -0.2) is 13.1 Å². The van der Waals surface area contributed by atoms with Crippen molar-refractivity contribution in [1.29, 1.82) is 0 Å². The monoisotopic (exact) mass is 344 g/mol. The molecule has 1 aliphatic carbocycles. The minimum absolute atomic E-state index is 0. The summed E-state index contributed by atoms with van der Waals surface area (Å²) >= 11 is 7.01. The second-order valence-corrected chi connectivity index (χ2v) is 8.35. The summed E-state index contributed by atoms with van der Waals surface area (Å²) in [5, 5.41) is 0. The zero-order chi connectivity index (χ0) is 13.3.